The van der Waals surface area contributed by atoms with Crippen LogP contribution >= 0.6 is 34.7 Å². The van der Waals surface area contributed by atoms with Gasteiger partial charge in [0.2, 0.25) is 0 Å². The number of hydrogen-bond donors (Lipinski definition) is 2. The number of aliphatic hydroxyl groups is 1. The number of aryl methyl sites for hydroxylation is 1. The molecule has 0 fully saturated rings. The number of aromatic nitrogens is 2. The summed E-state index contributed by atoms with van der Waals surface area (Å²) in [5.41, 5.74) is 10.9. The molecule has 0 aliphatic heterocycles. The zero-order valence-corrected chi connectivity index (χ0v) is 21.6. The molecule has 4 rings (SSSR count). The SMILES string of the molecule is N#Cc1c(N)nc(SCc2csc(-c3ccc(Cl)cc3)n2)c(C#N)c1-c1ccc(CCCCO)cc1. The number of halogens is 1. The number of thiazole rings is 1. The van der Waals surface area contributed by atoms with Crippen LogP contribution in [0.1, 0.15) is 35.2 Å². The van der Waals surface area contributed by atoms with E-state index >= 15 is 0 Å². The van der Waals surface area contributed by atoms with Crippen LogP contribution in [-0.4, -0.2) is 21.7 Å². The molecule has 0 radical (unpaired) electrons. The zero-order valence-electron chi connectivity index (χ0n) is 19.2. The lowest BCUT2D eigenvalue weighted by atomic mass is 9.95. The maximum absolute atomic E-state index is 10.0. The van der Waals surface area contributed by atoms with Gasteiger partial charge in [0.1, 0.15) is 33.6 Å². The van der Waals surface area contributed by atoms with Crippen LogP contribution < -0.4 is 5.73 Å². The number of nitriles is 2. The van der Waals surface area contributed by atoms with E-state index in [0.29, 0.717) is 26.9 Å². The molecule has 36 heavy (non-hydrogen) atoms. The highest BCUT2D eigenvalue weighted by Crippen LogP contribution is 2.37. The number of nitrogens with two attached hydrogens (primary N) is 1. The molecule has 0 saturated heterocycles. The standard InChI is InChI=1S/C27H22ClN5OS2/c28-20-10-8-19(9-11-20)26-32-21(15-35-26)16-36-27-23(14-30)24(22(13-29)25(31)33-27)18-6-4-17(5-7-18)3-1-2-12-34/h4-11,15,34H,1-3,12,16H2,(H2,31,33). The molecule has 2 aromatic heterocycles. The largest absolute Gasteiger partial charge is 0.396 e. The second kappa shape index (κ2) is 12.0. The molecule has 3 N–H and O–H groups in total. The molecular formula is C27H22ClN5OS2. The highest BCUT2D eigenvalue weighted by molar-refractivity contribution is 7.98. The van der Waals surface area contributed by atoms with Crippen LogP contribution in [0.2, 0.25) is 5.02 Å². The third-order valence-corrected chi connectivity index (χ3v) is 7.73. The third kappa shape index (κ3) is 5.87. The van der Waals surface area contributed by atoms with Crippen molar-refractivity contribution < 1.29 is 5.11 Å². The van der Waals surface area contributed by atoms with E-state index in [1.54, 1.807) is 0 Å². The first-order valence-electron chi connectivity index (χ1n) is 11.2. The number of rotatable bonds is 9. The van der Waals surface area contributed by atoms with E-state index in [0.717, 1.165) is 46.7 Å². The fourth-order valence-electron chi connectivity index (χ4n) is 3.71. The smallest absolute Gasteiger partial charge is 0.143 e. The van der Waals surface area contributed by atoms with Gasteiger partial charge in [-0.15, -0.1) is 11.3 Å². The maximum atomic E-state index is 10.0. The predicted octanol–water partition coefficient (Wildman–Crippen LogP) is 6.46. The Balaban J connectivity index is 1.60. The fraction of sp³-hybridized carbons (Fsp3) is 0.185. The summed E-state index contributed by atoms with van der Waals surface area (Å²) in [6.45, 7) is 0.176. The first-order valence-corrected chi connectivity index (χ1v) is 13.4. The second-order valence-electron chi connectivity index (χ2n) is 7.97. The Morgan fingerprint density at radius 1 is 0.944 bits per heavy atom. The lowest BCUT2D eigenvalue weighted by Crippen LogP contribution is -2.03. The van der Waals surface area contributed by atoms with Crippen molar-refractivity contribution in [2.45, 2.75) is 30.0 Å². The summed E-state index contributed by atoms with van der Waals surface area (Å²) in [5, 5.41) is 32.8. The van der Waals surface area contributed by atoms with Crippen LogP contribution in [0.3, 0.4) is 0 Å². The zero-order chi connectivity index (χ0) is 25.5. The number of thioether (sulfide) groups is 1. The number of unbranched alkanes of at least 4 members (excludes halogenated alkanes) is 1. The number of anilines is 1. The van der Waals surface area contributed by atoms with E-state index < -0.39 is 0 Å². The monoisotopic (exact) mass is 531 g/mol. The lowest BCUT2D eigenvalue weighted by Gasteiger charge is -2.13. The molecule has 0 atom stereocenters. The fourth-order valence-corrected chi connectivity index (χ4v) is 5.66. The minimum atomic E-state index is 0.0983. The van der Waals surface area contributed by atoms with Gasteiger partial charge in [-0.3, -0.25) is 0 Å². The topological polar surface area (TPSA) is 120 Å². The second-order valence-corrected chi connectivity index (χ2v) is 10.2. The summed E-state index contributed by atoms with van der Waals surface area (Å²) in [7, 11) is 0. The van der Waals surface area contributed by atoms with Crippen molar-refractivity contribution in [1.82, 2.24) is 9.97 Å². The molecule has 0 unspecified atom stereocenters. The van der Waals surface area contributed by atoms with E-state index in [2.05, 4.69) is 17.1 Å². The Morgan fingerprint density at radius 2 is 1.64 bits per heavy atom. The highest BCUT2D eigenvalue weighted by Gasteiger charge is 2.21. The van der Waals surface area contributed by atoms with Gasteiger partial charge in [-0.1, -0.05) is 59.8 Å². The van der Waals surface area contributed by atoms with E-state index in [4.69, 9.17) is 27.4 Å². The number of nitrogen functional groups attached to an aromatic ring is 1. The first-order chi connectivity index (χ1) is 17.5. The van der Waals surface area contributed by atoms with E-state index in [9.17, 15) is 10.5 Å². The van der Waals surface area contributed by atoms with Crippen molar-refractivity contribution in [1.29, 1.82) is 10.5 Å². The minimum absolute atomic E-state index is 0.0983. The van der Waals surface area contributed by atoms with Gasteiger partial charge in [-0.05, 0) is 42.5 Å². The quantitative estimate of drug-likeness (QED) is 0.188. The Kier molecular flexibility index (Phi) is 8.58. The molecule has 2 aromatic carbocycles. The summed E-state index contributed by atoms with van der Waals surface area (Å²) < 4.78 is 0. The molecule has 0 saturated carbocycles. The van der Waals surface area contributed by atoms with Crippen LogP contribution in [0.15, 0.2) is 58.9 Å². The van der Waals surface area contributed by atoms with Crippen molar-refractivity contribution in [3.05, 3.63) is 81.3 Å². The normalized spacial score (nSPS) is 10.7. The van der Waals surface area contributed by atoms with Crippen molar-refractivity contribution >= 4 is 40.5 Å². The molecule has 9 heteroatoms. The molecule has 0 bridgehead atoms. The van der Waals surface area contributed by atoms with Gasteiger partial charge < -0.3 is 10.8 Å². The van der Waals surface area contributed by atoms with Gasteiger partial charge in [-0.25, -0.2) is 9.97 Å². The number of pyridine rings is 1. The summed E-state index contributed by atoms with van der Waals surface area (Å²) in [6.07, 6.45) is 2.49. The molecule has 6 nitrogen and oxygen atoms in total. The molecule has 4 aromatic rings. The number of aliphatic hydroxyl groups excluding tert-OH is 1. The summed E-state index contributed by atoms with van der Waals surface area (Å²) in [4.78, 5) is 9.09. The van der Waals surface area contributed by atoms with Crippen molar-refractivity contribution in [3.63, 3.8) is 0 Å². The van der Waals surface area contributed by atoms with Crippen LogP contribution in [0, 0.1) is 22.7 Å². The minimum Gasteiger partial charge on any atom is -0.396 e. The van der Waals surface area contributed by atoms with E-state index in [1.165, 1.54) is 23.1 Å². The van der Waals surface area contributed by atoms with Crippen molar-refractivity contribution in [2.75, 3.05) is 12.3 Å². The summed E-state index contributed by atoms with van der Waals surface area (Å²) >= 11 is 8.89. The molecule has 2 heterocycles. The molecule has 0 spiro atoms. The van der Waals surface area contributed by atoms with Gasteiger partial charge in [0.05, 0.1) is 11.3 Å². The molecule has 0 amide bonds. The van der Waals surface area contributed by atoms with Gasteiger partial charge in [0, 0.05) is 33.9 Å². The van der Waals surface area contributed by atoms with Gasteiger partial charge in [0.15, 0.2) is 0 Å². The molecular weight excluding hydrogens is 510 g/mol. The Morgan fingerprint density at radius 3 is 2.31 bits per heavy atom. The van der Waals surface area contributed by atoms with E-state index in [-0.39, 0.29) is 18.0 Å². The van der Waals surface area contributed by atoms with Gasteiger partial charge in [-0.2, -0.15) is 10.5 Å². The summed E-state index contributed by atoms with van der Waals surface area (Å²) in [5.74, 6) is 0.599. The molecule has 180 valence electrons. The van der Waals surface area contributed by atoms with Crippen LogP contribution in [0.4, 0.5) is 5.82 Å². The van der Waals surface area contributed by atoms with Crippen LogP contribution in [0.5, 0.6) is 0 Å². The van der Waals surface area contributed by atoms with E-state index in [1.807, 2.05) is 53.9 Å². The van der Waals surface area contributed by atoms with Crippen molar-refractivity contribution in [3.8, 4) is 33.8 Å². The number of hydrogen-bond acceptors (Lipinski definition) is 8. The molecule has 0 aliphatic rings. The number of nitrogens with zero attached hydrogens (tertiary/aromatic N) is 4. The first kappa shape index (κ1) is 25.7. The lowest BCUT2D eigenvalue weighted by molar-refractivity contribution is 0.284. The number of benzene rings is 2. The Bertz CT molecular complexity index is 1440. The highest BCUT2D eigenvalue weighted by atomic mass is 35.5. The molecule has 0 aliphatic carbocycles. The maximum Gasteiger partial charge on any atom is 0.143 e. The van der Waals surface area contributed by atoms with Gasteiger partial charge >= 0.3 is 0 Å². The predicted molar refractivity (Wildman–Crippen MR) is 146 cm³/mol. The van der Waals surface area contributed by atoms with Crippen molar-refractivity contribution in [2.24, 2.45) is 0 Å². The Hall–Kier alpha value is -3.40. The third-order valence-electron chi connectivity index (χ3n) is 5.53. The van der Waals surface area contributed by atoms with Gasteiger partial charge in [0.25, 0.3) is 0 Å². The van der Waals surface area contributed by atoms with Crippen LogP contribution in [-0.2, 0) is 12.2 Å². The average molecular weight is 532 g/mol. The average Bonchev–Trinajstić information content (AvgIpc) is 3.37. The Labute approximate surface area is 223 Å². The summed E-state index contributed by atoms with van der Waals surface area (Å²) in [6, 6.07) is 19.7. The van der Waals surface area contributed by atoms with Crippen LogP contribution in [0.25, 0.3) is 21.7 Å².